The zero-order chi connectivity index (χ0) is 97.7. The van der Waals surface area contributed by atoms with Crippen molar-refractivity contribution in [2.75, 3.05) is 26.4 Å². The van der Waals surface area contributed by atoms with E-state index in [2.05, 4.69) is 20.8 Å². The van der Waals surface area contributed by atoms with Crippen LogP contribution in [0.15, 0.2) is 168 Å². The predicted octanol–water partition coefficient (Wildman–Crippen LogP) is 29.6. The summed E-state index contributed by atoms with van der Waals surface area (Å²) >= 11 is 0. The van der Waals surface area contributed by atoms with E-state index < -0.39 is 98.2 Å². The molecule has 0 radical (unpaired) electrons. The molecule has 0 heterocycles. The van der Waals surface area contributed by atoms with Gasteiger partial charge in [-0.2, -0.15) is 43.9 Å². The normalized spacial score (nSPS) is 14.0. The first-order chi connectivity index (χ1) is 57.5. The van der Waals surface area contributed by atoms with Crippen LogP contribution in [0, 0.1) is 0 Å². The Labute approximate surface area is 736 Å². The minimum atomic E-state index is -4.46. The highest BCUT2D eigenvalue weighted by atomic mass is 19.4. The summed E-state index contributed by atoms with van der Waals surface area (Å²) < 4.78 is 204. The Morgan fingerprint density at radius 2 is 0.603 bits per heavy atom. The second-order valence-electron chi connectivity index (χ2n) is 35.6. The molecule has 4 rings (SSSR count). The van der Waals surface area contributed by atoms with Gasteiger partial charge in [0.25, 0.3) is 0 Å². The highest BCUT2D eigenvalue weighted by Gasteiger charge is 2.44. The van der Waals surface area contributed by atoms with Gasteiger partial charge >= 0.3 is 60.9 Å². The van der Waals surface area contributed by atoms with E-state index in [-0.39, 0.29) is 57.5 Å². The SMILES string of the molecule is C/C(=C/C=C/C(C)=C/C(=O)O)c1cc(C(C)(C)C)cc(C(C)(C)C)c1OCC(F)(F)C(F)F.C/C(=C/C=C/C(C)=C/C(=O)O)c1cc(C(C)C)cc(C(C)C)c1OCC(F)(F)C(F)F.C/C(=C/C=C/C(C)=C/C(=O)O)c1cc(C(C)C)cc(C(C)C)c1OCC(F)(F)F.CCC(C)(C)c1cc(\C(C)=C/C=C/C(C)=C/C(=O)O)c(OCC(F)(F)F)c(C(C)(C)CC)c1. The number of halogens is 14. The van der Waals surface area contributed by atoms with Gasteiger partial charge in [-0.05, 0) is 216 Å². The number of aliphatic carboxylic acids is 4. The third kappa shape index (κ3) is 39.4. The summed E-state index contributed by atoms with van der Waals surface area (Å²) in [4.78, 5) is 43.0. The molecule has 26 heteroatoms. The largest absolute Gasteiger partial charge is 0.486 e. The molecule has 126 heavy (non-hydrogen) atoms. The smallest absolute Gasteiger partial charge is 0.422 e. The number of hydrogen-bond acceptors (Lipinski definition) is 8. The lowest BCUT2D eigenvalue weighted by Crippen LogP contribution is -2.34. The summed E-state index contributed by atoms with van der Waals surface area (Å²) in [7, 11) is 0. The molecule has 0 spiro atoms. The molecule has 0 amide bonds. The second-order valence-corrected chi connectivity index (χ2v) is 35.6. The fourth-order valence-electron chi connectivity index (χ4n) is 11.7. The summed E-state index contributed by atoms with van der Waals surface area (Å²) in [5.74, 6) is -11.7. The minimum Gasteiger partial charge on any atom is -0.486 e. The van der Waals surface area contributed by atoms with Crippen molar-refractivity contribution in [1.82, 2.24) is 0 Å². The van der Waals surface area contributed by atoms with Gasteiger partial charge in [-0.1, -0.05) is 236 Å². The zero-order valence-corrected chi connectivity index (χ0v) is 77.9. The first kappa shape index (κ1) is 114. The average Bonchev–Trinajstić information content (AvgIpc) is 0.774. The summed E-state index contributed by atoms with van der Waals surface area (Å²) in [6, 6.07) is 15.1. The van der Waals surface area contributed by atoms with Crippen molar-refractivity contribution >= 4 is 46.2 Å². The first-order valence-corrected chi connectivity index (χ1v) is 41.2. The summed E-state index contributed by atoms with van der Waals surface area (Å²) in [5, 5.41) is 35.2. The molecule has 0 aliphatic rings. The van der Waals surface area contributed by atoms with E-state index in [0.717, 1.165) is 81.7 Å². The summed E-state index contributed by atoms with van der Waals surface area (Å²) in [5.41, 5.74) is 12.5. The van der Waals surface area contributed by atoms with Crippen LogP contribution in [0.1, 0.15) is 297 Å². The molecule has 0 saturated heterocycles. The minimum absolute atomic E-state index is 0.0141. The number of rotatable bonds is 36. The molecular weight excluding hydrogens is 1660 g/mol. The highest BCUT2D eigenvalue weighted by Crippen LogP contribution is 2.47. The molecule has 0 aliphatic carbocycles. The van der Waals surface area contributed by atoms with Crippen LogP contribution < -0.4 is 18.9 Å². The summed E-state index contributed by atoms with van der Waals surface area (Å²) in [6.45, 7) is 47.8. The Balaban J connectivity index is 0.000000841. The molecule has 4 aromatic carbocycles. The fourth-order valence-corrected chi connectivity index (χ4v) is 11.7. The standard InChI is InChI=1S/C27H37F3O3.C26H34F4O3.C24H30F4O3.C23H29F3O3/c1-9-25(5,6)20-15-21(19(4)13-11-12-18(3)14-23(31)32)24(33-17-27(28,29)30)22(16-20)26(7,8)10-2;1-16(12-21(31)32)10-9-11-17(2)19-13-18(24(3,4)5)14-20(25(6,7)8)22(19)33-15-26(29,30)23(27)28;1-14(2)18-11-19(15(3)4)22(31-13-24(27,28)23(25)26)20(12-18)17(6)9-7-8-16(5)10-21(29)30;1-14(2)18-11-19(15(3)4)22(29-13-23(24,25)26)20(12-18)17(6)9-7-8-16(5)10-21(27)28/h11-16H,9-10,17H2,1-8H3,(H,31,32);9-14,23H,15H2,1-8H3,(H,31,32);7-12,14-15,23H,13H2,1-6H3,(H,29,30);7-12,14-15H,13H2,1-6H3,(H,27,28)/b12-11+,18-14+,19-13-;10-9+,16-12+,17-11-;2*8-7+,16-10+,17-9-. The molecule has 4 N–H and O–H groups in total. The molecule has 0 unspecified atom stereocenters. The third-order valence-corrected chi connectivity index (χ3v) is 20.1. The Kier molecular flexibility index (Phi) is 44.5. The number of hydrogen-bond donors (Lipinski definition) is 4. The van der Waals surface area contributed by atoms with E-state index >= 15 is 0 Å². The van der Waals surface area contributed by atoms with Gasteiger partial charge in [0.05, 0.1) is 0 Å². The van der Waals surface area contributed by atoms with Crippen molar-refractivity contribution in [2.45, 2.75) is 289 Å². The van der Waals surface area contributed by atoms with Crippen LogP contribution in [-0.2, 0) is 40.8 Å². The molecule has 12 nitrogen and oxygen atoms in total. The topological polar surface area (TPSA) is 186 Å². The van der Waals surface area contributed by atoms with Gasteiger partial charge in [0, 0.05) is 57.7 Å². The van der Waals surface area contributed by atoms with Crippen molar-refractivity contribution in [2.24, 2.45) is 0 Å². The lowest BCUT2D eigenvalue weighted by Gasteiger charge is -2.32. The van der Waals surface area contributed by atoms with Crippen LogP contribution >= 0.6 is 0 Å². The van der Waals surface area contributed by atoms with Crippen LogP contribution in [0.3, 0.4) is 0 Å². The third-order valence-electron chi connectivity index (χ3n) is 20.1. The highest BCUT2D eigenvalue weighted by molar-refractivity contribution is 5.83. The van der Waals surface area contributed by atoms with Gasteiger partial charge in [-0.3, -0.25) is 0 Å². The van der Waals surface area contributed by atoms with Crippen LogP contribution in [0.2, 0.25) is 0 Å². The van der Waals surface area contributed by atoms with Gasteiger partial charge in [0.15, 0.2) is 26.4 Å². The van der Waals surface area contributed by atoms with Gasteiger partial charge in [-0.15, -0.1) is 0 Å². The number of carboxylic acid groups (broad SMARTS) is 4. The molecule has 0 aliphatic heterocycles. The fraction of sp³-hybridized carbons (Fsp3) is 0.480. The Morgan fingerprint density at radius 3 is 0.857 bits per heavy atom. The number of alkyl halides is 14. The Morgan fingerprint density at radius 1 is 0.341 bits per heavy atom. The van der Waals surface area contributed by atoms with Crippen molar-refractivity contribution in [3.63, 3.8) is 0 Å². The first-order valence-electron chi connectivity index (χ1n) is 41.2. The van der Waals surface area contributed by atoms with Gasteiger partial charge < -0.3 is 39.4 Å². The molecule has 0 bridgehead atoms. The average molecular weight is 1790 g/mol. The second kappa shape index (κ2) is 49.3. The number of carbonyl (C=O) groups is 4. The van der Waals surface area contributed by atoms with Gasteiger partial charge in [-0.25, -0.2) is 36.7 Å². The van der Waals surface area contributed by atoms with E-state index in [1.807, 2.05) is 173 Å². The molecule has 0 aromatic heterocycles. The van der Waals surface area contributed by atoms with Gasteiger partial charge in [0.1, 0.15) is 23.0 Å². The quantitative estimate of drug-likeness (QED) is 0.0192. The van der Waals surface area contributed by atoms with Crippen molar-refractivity contribution in [3.8, 4) is 23.0 Å². The predicted molar refractivity (Wildman–Crippen MR) is 479 cm³/mol. The van der Waals surface area contributed by atoms with Crippen molar-refractivity contribution in [1.29, 1.82) is 0 Å². The number of carboxylic acids is 4. The maximum absolute atomic E-state index is 13.7. The van der Waals surface area contributed by atoms with Crippen LogP contribution in [0.4, 0.5) is 61.5 Å². The van der Waals surface area contributed by atoms with Gasteiger partial charge in [0.2, 0.25) is 0 Å². The molecule has 4 aromatic rings. The molecule has 0 saturated carbocycles. The van der Waals surface area contributed by atoms with E-state index in [1.54, 1.807) is 121 Å². The maximum Gasteiger partial charge on any atom is 0.422 e. The number of ether oxygens (including phenoxy) is 4. The summed E-state index contributed by atoms with van der Waals surface area (Å²) in [6.07, 6.45) is 9.33. The van der Waals surface area contributed by atoms with Crippen LogP contribution in [-0.4, -0.2) is 108 Å². The zero-order valence-electron chi connectivity index (χ0n) is 77.9. The molecule has 0 fully saturated rings. The molecule has 700 valence electrons. The Bertz CT molecular complexity index is 4730. The lowest BCUT2D eigenvalue weighted by atomic mass is 9.74. The van der Waals surface area contributed by atoms with Crippen molar-refractivity contribution in [3.05, 3.63) is 235 Å². The maximum atomic E-state index is 13.7. The number of allylic oxidation sites excluding steroid dienone is 20. The van der Waals surface area contributed by atoms with Crippen LogP contribution in [0.25, 0.3) is 22.3 Å². The molecular formula is C100H130F14O12. The van der Waals surface area contributed by atoms with E-state index in [4.69, 9.17) is 39.4 Å². The number of benzene rings is 4. The van der Waals surface area contributed by atoms with E-state index in [9.17, 15) is 80.6 Å². The molecule has 0 atom stereocenters. The van der Waals surface area contributed by atoms with E-state index in [0.29, 0.717) is 66.8 Å². The monoisotopic (exact) mass is 1790 g/mol. The Hall–Kier alpha value is -10.1. The lowest BCUT2D eigenvalue weighted by molar-refractivity contribution is -0.154. The van der Waals surface area contributed by atoms with E-state index in [1.165, 1.54) is 0 Å². The van der Waals surface area contributed by atoms with Crippen molar-refractivity contribution < 1.29 is 120 Å². The van der Waals surface area contributed by atoms with Crippen LogP contribution in [0.5, 0.6) is 23.0 Å².